The van der Waals surface area contributed by atoms with E-state index in [0.717, 1.165) is 0 Å². The molecule has 0 N–H and O–H groups in total. The van der Waals surface area contributed by atoms with Crippen LogP contribution in [0.5, 0.6) is 0 Å². The fourth-order valence-electron chi connectivity index (χ4n) is 1.51. The molecule has 0 amide bonds. The highest BCUT2D eigenvalue weighted by Crippen LogP contribution is 2.55. The van der Waals surface area contributed by atoms with Gasteiger partial charge in [-0.25, -0.2) is 0 Å². The Bertz CT molecular complexity index is 540. The van der Waals surface area contributed by atoms with Crippen LogP contribution in [0.3, 0.4) is 0 Å². The van der Waals surface area contributed by atoms with Gasteiger partial charge in [0.25, 0.3) is 0 Å². The summed E-state index contributed by atoms with van der Waals surface area (Å²) in [6.07, 6.45) is -6.40. The van der Waals surface area contributed by atoms with E-state index in [9.17, 15) is 39.5 Å². The third-order valence-electron chi connectivity index (χ3n) is 2.82. The van der Waals surface area contributed by atoms with E-state index in [1.807, 2.05) is 0 Å². The maximum Gasteiger partial charge on any atom is 0.460 e. The maximum atomic E-state index is 13.5. The van der Waals surface area contributed by atoms with Crippen molar-refractivity contribution in [2.45, 2.75) is 30.9 Å². The molecule has 124 valence electrons. The summed E-state index contributed by atoms with van der Waals surface area (Å²) in [6.45, 7) is 0.355. The highest BCUT2D eigenvalue weighted by molar-refractivity contribution is 5.54. The summed E-state index contributed by atoms with van der Waals surface area (Å²) in [4.78, 5) is 0. The molecular weight excluding hydrogens is 327 g/mol. The summed E-state index contributed by atoms with van der Waals surface area (Å²) in [7, 11) is 0. The molecule has 0 aliphatic rings. The molecule has 0 spiro atoms. The molecule has 9 heteroatoms. The summed E-state index contributed by atoms with van der Waals surface area (Å²) in [6, 6.07) is 6.55. The molecule has 1 aromatic carbocycles. The number of rotatable bonds is 4. The molecule has 0 bridgehead atoms. The van der Waals surface area contributed by atoms with Crippen molar-refractivity contribution in [3.05, 3.63) is 41.5 Å². The van der Waals surface area contributed by atoms with Gasteiger partial charge in [0.15, 0.2) is 0 Å². The second-order valence-corrected chi connectivity index (χ2v) is 4.46. The normalized spacial score (nSPS) is 15.1. The van der Waals surface area contributed by atoms with E-state index in [1.165, 1.54) is 30.3 Å². The van der Waals surface area contributed by atoms with Gasteiger partial charge in [0.05, 0.1) is 0 Å². The van der Waals surface area contributed by atoms with Crippen molar-refractivity contribution in [1.82, 2.24) is 0 Å². The number of halogens is 9. The zero-order valence-corrected chi connectivity index (χ0v) is 10.9. The lowest BCUT2D eigenvalue weighted by atomic mass is 9.96. The Balaban J connectivity index is 3.30. The molecule has 0 aromatic heterocycles. The molecule has 0 nitrogen and oxygen atoms in total. The molecule has 0 unspecified atom stereocenters. The van der Waals surface area contributed by atoms with Gasteiger partial charge in [-0.05, 0) is 18.6 Å². The Hall–Kier alpha value is -1.67. The lowest BCUT2D eigenvalue weighted by Crippen LogP contribution is -2.61. The number of benzene rings is 1. The molecule has 22 heavy (non-hydrogen) atoms. The first-order valence-corrected chi connectivity index (χ1v) is 5.69. The van der Waals surface area contributed by atoms with Gasteiger partial charge in [0.1, 0.15) is 0 Å². The predicted molar refractivity (Wildman–Crippen MR) is 61.0 cm³/mol. The number of alkyl halides is 9. The third-order valence-corrected chi connectivity index (χ3v) is 2.82. The van der Waals surface area contributed by atoms with E-state index in [-0.39, 0.29) is 5.56 Å². The first-order valence-electron chi connectivity index (χ1n) is 5.69. The molecule has 0 radical (unpaired) electrons. The van der Waals surface area contributed by atoms with Gasteiger partial charge in [-0.15, -0.1) is 0 Å². The van der Waals surface area contributed by atoms with Crippen molar-refractivity contribution in [3.8, 4) is 0 Å². The van der Waals surface area contributed by atoms with Crippen molar-refractivity contribution in [2.24, 2.45) is 0 Å². The Morgan fingerprint density at radius 3 is 1.64 bits per heavy atom. The lowest BCUT2D eigenvalue weighted by Gasteiger charge is -2.34. The summed E-state index contributed by atoms with van der Waals surface area (Å²) >= 11 is 0. The van der Waals surface area contributed by atoms with Crippen LogP contribution in [0.15, 0.2) is 35.9 Å². The van der Waals surface area contributed by atoms with Crippen LogP contribution in [0.25, 0.3) is 6.08 Å². The summed E-state index contributed by atoms with van der Waals surface area (Å²) in [5.74, 6) is -19.2. The molecule has 0 saturated carbocycles. The van der Waals surface area contributed by atoms with Crippen LogP contribution in [0.4, 0.5) is 39.5 Å². The quantitative estimate of drug-likeness (QED) is 0.632. The second-order valence-electron chi connectivity index (χ2n) is 4.46. The molecule has 1 rings (SSSR count). The van der Waals surface area contributed by atoms with Crippen molar-refractivity contribution >= 4 is 6.08 Å². The molecular formula is C13H9F9. The Morgan fingerprint density at radius 2 is 1.23 bits per heavy atom. The van der Waals surface area contributed by atoms with Crippen molar-refractivity contribution < 1.29 is 39.5 Å². The third kappa shape index (κ3) is 2.93. The molecule has 1 aromatic rings. The first-order chi connectivity index (χ1) is 9.75. The Morgan fingerprint density at radius 1 is 0.773 bits per heavy atom. The average molecular weight is 336 g/mol. The van der Waals surface area contributed by atoms with E-state index in [0.29, 0.717) is 13.0 Å². The number of hydrogen-bond acceptors (Lipinski definition) is 0. The van der Waals surface area contributed by atoms with E-state index >= 15 is 0 Å². The SMILES string of the molecule is CC(=Cc1ccccc1)C(F)(F)C(F)(F)C(F)(F)C(F)(F)F. The minimum absolute atomic E-state index is 0.0502. The van der Waals surface area contributed by atoms with Crippen molar-refractivity contribution in [2.75, 3.05) is 0 Å². The second kappa shape index (κ2) is 5.51. The van der Waals surface area contributed by atoms with Crippen molar-refractivity contribution in [1.29, 1.82) is 0 Å². The van der Waals surface area contributed by atoms with E-state index in [4.69, 9.17) is 0 Å². The van der Waals surface area contributed by atoms with Crippen LogP contribution < -0.4 is 0 Å². The molecule has 0 heterocycles. The highest BCUT2D eigenvalue weighted by atomic mass is 19.4. The summed E-state index contributed by atoms with van der Waals surface area (Å²) in [5, 5.41) is 0. The Kier molecular flexibility index (Phi) is 4.60. The average Bonchev–Trinajstić information content (AvgIpc) is 2.38. The van der Waals surface area contributed by atoms with Gasteiger partial charge in [-0.3, -0.25) is 0 Å². The van der Waals surface area contributed by atoms with Crippen LogP contribution in [-0.4, -0.2) is 23.9 Å². The standard InChI is InChI=1S/C13H9F9/c1-8(7-9-5-3-2-4-6-9)10(14,15)11(16,17)12(18,19)13(20,21)22/h2-7H,1H3. The molecule has 0 atom stereocenters. The minimum Gasteiger partial charge on any atom is -0.194 e. The van der Waals surface area contributed by atoms with Gasteiger partial charge >= 0.3 is 23.9 Å². The largest absolute Gasteiger partial charge is 0.460 e. The van der Waals surface area contributed by atoms with E-state index in [1.54, 1.807) is 0 Å². The zero-order valence-electron chi connectivity index (χ0n) is 10.9. The molecule has 0 saturated heterocycles. The van der Waals surface area contributed by atoms with E-state index in [2.05, 4.69) is 0 Å². The highest BCUT2D eigenvalue weighted by Gasteiger charge is 2.81. The zero-order chi connectivity index (χ0) is 17.4. The number of allylic oxidation sites excluding steroid dienone is 1. The lowest BCUT2D eigenvalue weighted by molar-refractivity contribution is -0.389. The van der Waals surface area contributed by atoms with Gasteiger partial charge in [-0.2, -0.15) is 39.5 Å². The van der Waals surface area contributed by atoms with Crippen LogP contribution in [0, 0.1) is 0 Å². The van der Waals surface area contributed by atoms with Crippen molar-refractivity contribution in [3.63, 3.8) is 0 Å². The molecule has 0 fully saturated rings. The molecule has 0 aliphatic carbocycles. The van der Waals surface area contributed by atoms with Crippen LogP contribution in [0.1, 0.15) is 12.5 Å². The summed E-state index contributed by atoms with van der Waals surface area (Å²) < 4.78 is 115. The van der Waals surface area contributed by atoms with Gasteiger partial charge < -0.3 is 0 Å². The monoisotopic (exact) mass is 336 g/mol. The van der Waals surface area contributed by atoms with Crippen LogP contribution in [-0.2, 0) is 0 Å². The van der Waals surface area contributed by atoms with Crippen LogP contribution >= 0.6 is 0 Å². The van der Waals surface area contributed by atoms with Crippen LogP contribution in [0.2, 0.25) is 0 Å². The number of hydrogen-bond donors (Lipinski definition) is 0. The van der Waals surface area contributed by atoms with Gasteiger partial charge in [0.2, 0.25) is 0 Å². The van der Waals surface area contributed by atoms with Gasteiger partial charge in [0, 0.05) is 5.57 Å². The fraction of sp³-hybridized carbons (Fsp3) is 0.385. The predicted octanol–water partition coefficient (Wildman–Crippen LogP) is 5.56. The minimum atomic E-state index is -6.88. The summed E-state index contributed by atoms with van der Waals surface area (Å²) in [5.41, 5.74) is -1.67. The maximum absolute atomic E-state index is 13.5. The van der Waals surface area contributed by atoms with Gasteiger partial charge in [-0.1, -0.05) is 30.3 Å². The first kappa shape index (κ1) is 18.4. The smallest absolute Gasteiger partial charge is 0.194 e. The fourth-order valence-corrected chi connectivity index (χ4v) is 1.51. The molecule has 0 aliphatic heterocycles. The Labute approximate surface area is 119 Å². The van der Waals surface area contributed by atoms with E-state index < -0.39 is 29.5 Å². The topological polar surface area (TPSA) is 0 Å².